The minimum Gasteiger partial charge on any atom is -0.0465 e. The van der Waals surface area contributed by atoms with Crippen molar-refractivity contribution in [3.8, 4) is 0 Å². The van der Waals surface area contributed by atoms with Crippen molar-refractivity contribution in [3.63, 3.8) is 0 Å². The van der Waals surface area contributed by atoms with Gasteiger partial charge in [-0.05, 0) is 102 Å². The van der Waals surface area contributed by atoms with E-state index in [1.165, 1.54) is 47.3 Å². The molecule has 88 valence electrons. The molecule has 7 rings (SSSR count). The van der Waals surface area contributed by atoms with Gasteiger partial charge in [-0.1, -0.05) is 0 Å². The molecular weight excluding hydrogens is 204 g/mol. The molecule has 0 aromatic rings. The maximum absolute atomic E-state index is 1.76. The lowest BCUT2D eigenvalue weighted by atomic mass is 9.41. The molecule has 7 saturated carbocycles. The van der Waals surface area contributed by atoms with Gasteiger partial charge in [-0.2, -0.15) is 0 Å². The molecule has 7 aliphatic rings. The molecule has 0 radical (unpaired) electrons. The van der Waals surface area contributed by atoms with Crippen molar-refractivity contribution in [2.24, 2.45) is 63.6 Å². The van der Waals surface area contributed by atoms with Crippen LogP contribution in [0.4, 0.5) is 0 Å². The van der Waals surface area contributed by atoms with Gasteiger partial charge in [-0.15, -0.1) is 0 Å². The fourth-order valence-electron chi connectivity index (χ4n) is 11.4. The topological polar surface area (TPSA) is 0 Å². The second-order valence-electron chi connectivity index (χ2n) is 9.72. The Bertz CT molecular complexity index is 536. The van der Waals surface area contributed by atoms with Gasteiger partial charge in [0.25, 0.3) is 0 Å². The van der Waals surface area contributed by atoms with Crippen LogP contribution in [0, 0.1) is 63.6 Å². The lowest BCUT2D eigenvalue weighted by Crippen LogP contribution is -2.57. The molecule has 0 amide bonds. The van der Waals surface area contributed by atoms with E-state index in [1.54, 1.807) is 38.5 Å². The second-order valence-corrected chi connectivity index (χ2v) is 9.72. The Morgan fingerprint density at radius 1 is 0.824 bits per heavy atom. The van der Waals surface area contributed by atoms with E-state index in [0.29, 0.717) is 0 Å². The highest BCUT2D eigenvalue weighted by molar-refractivity contribution is 5.44. The molecule has 0 aromatic carbocycles. The molecule has 0 aromatic heterocycles. The van der Waals surface area contributed by atoms with Crippen LogP contribution < -0.4 is 0 Å². The van der Waals surface area contributed by atoms with Crippen LogP contribution in [-0.4, -0.2) is 0 Å². The lowest BCUT2D eigenvalue weighted by Gasteiger charge is -2.63. The van der Waals surface area contributed by atoms with Crippen molar-refractivity contribution < 1.29 is 0 Å². The molecule has 7 aliphatic carbocycles. The summed E-state index contributed by atoms with van der Waals surface area (Å²) in [6.45, 7) is 0. The Morgan fingerprint density at radius 3 is 2.76 bits per heavy atom. The molecule has 0 aliphatic heterocycles. The molecule has 0 nitrogen and oxygen atoms in total. The van der Waals surface area contributed by atoms with Crippen LogP contribution in [0.15, 0.2) is 0 Å². The molecule has 0 heteroatoms. The van der Waals surface area contributed by atoms with E-state index in [4.69, 9.17) is 0 Å². The zero-order chi connectivity index (χ0) is 10.4. The average molecular weight is 224 g/mol. The zero-order valence-corrected chi connectivity index (χ0v) is 10.4. The van der Waals surface area contributed by atoms with Crippen LogP contribution in [-0.2, 0) is 0 Å². The second kappa shape index (κ2) is 1.56. The monoisotopic (exact) mass is 224 g/mol. The summed E-state index contributed by atoms with van der Waals surface area (Å²) in [6.07, 6.45) is 10.4. The first-order valence-electron chi connectivity index (χ1n) is 8.31. The van der Waals surface area contributed by atoms with Gasteiger partial charge < -0.3 is 0 Å². The maximum Gasteiger partial charge on any atom is -0.0167 e. The first-order chi connectivity index (χ1) is 8.31. The summed E-state index contributed by atoms with van der Waals surface area (Å²) in [5.74, 6) is 10.1. The number of hydrogen-bond acceptors (Lipinski definition) is 0. The summed E-state index contributed by atoms with van der Waals surface area (Å²) in [5.41, 5.74) is 2.91. The van der Waals surface area contributed by atoms with Gasteiger partial charge in [0.2, 0.25) is 0 Å². The Morgan fingerprint density at radius 2 is 1.76 bits per heavy atom. The summed E-state index contributed by atoms with van der Waals surface area (Å²) >= 11 is 0. The summed E-state index contributed by atoms with van der Waals surface area (Å²) in [4.78, 5) is 0. The fraction of sp³-hybridized carbons (Fsp3) is 1.00. The molecule has 17 heavy (non-hydrogen) atoms. The predicted octanol–water partition coefficient (Wildman–Crippen LogP) is 3.32. The maximum atomic E-state index is 1.76. The third-order valence-electron chi connectivity index (χ3n) is 10.6. The SMILES string of the molecule is C1C2CC34CC5C1C16CC7C(C1)C3C7C2C54C6. The van der Waals surface area contributed by atoms with Gasteiger partial charge in [-0.3, -0.25) is 0 Å². The molecule has 0 N–H and O–H groups in total. The van der Waals surface area contributed by atoms with Gasteiger partial charge in [0.1, 0.15) is 0 Å². The van der Waals surface area contributed by atoms with Crippen LogP contribution in [0.1, 0.15) is 38.5 Å². The number of rotatable bonds is 0. The number of hydrogen-bond donors (Lipinski definition) is 0. The van der Waals surface area contributed by atoms with Gasteiger partial charge in [0, 0.05) is 0 Å². The molecule has 0 saturated heterocycles. The molecular formula is C17H20. The third kappa shape index (κ3) is 0.379. The zero-order valence-electron chi connectivity index (χ0n) is 10.4. The van der Waals surface area contributed by atoms with E-state index in [2.05, 4.69) is 0 Å². The van der Waals surface area contributed by atoms with Crippen LogP contribution in [0.3, 0.4) is 0 Å². The highest BCUT2D eigenvalue weighted by Crippen LogP contribution is 3.02. The van der Waals surface area contributed by atoms with Gasteiger partial charge >= 0.3 is 0 Å². The minimum absolute atomic E-state index is 0.940. The molecule has 7 fully saturated rings. The Balaban J connectivity index is 1.66. The predicted molar refractivity (Wildman–Crippen MR) is 62.9 cm³/mol. The Kier molecular flexibility index (Phi) is 0.694. The minimum atomic E-state index is 0.940. The van der Waals surface area contributed by atoms with Crippen molar-refractivity contribution in [2.45, 2.75) is 38.5 Å². The summed E-state index contributed by atoms with van der Waals surface area (Å²) in [7, 11) is 0. The highest BCUT2D eigenvalue weighted by Gasteiger charge is 2.96. The normalized spacial score (nSPS) is 93.2. The van der Waals surface area contributed by atoms with E-state index in [-0.39, 0.29) is 0 Å². The lowest BCUT2D eigenvalue weighted by molar-refractivity contribution is -0.154. The Hall–Kier alpha value is 0. The van der Waals surface area contributed by atoms with Crippen molar-refractivity contribution >= 4 is 0 Å². The highest BCUT2D eigenvalue weighted by atomic mass is 15.0. The summed E-state index contributed by atoms with van der Waals surface area (Å²) < 4.78 is 0. The molecule has 0 heterocycles. The van der Waals surface area contributed by atoms with E-state index in [0.717, 1.165) is 16.2 Å². The third-order valence-corrected chi connectivity index (χ3v) is 10.6. The van der Waals surface area contributed by atoms with E-state index in [9.17, 15) is 0 Å². The van der Waals surface area contributed by atoms with Crippen LogP contribution >= 0.6 is 0 Å². The van der Waals surface area contributed by atoms with Crippen molar-refractivity contribution in [2.75, 3.05) is 0 Å². The van der Waals surface area contributed by atoms with Crippen LogP contribution in [0.25, 0.3) is 0 Å². The van der Waals surface area contributed by atoms with Gasteiger partial charge in [-0.25, -0.2) is 0 Å². The van der Waals surface area contributed by atoms with Crippen LogP contribution in [0.2, 0.25) is 0 Å². The van der Waals surface area contributed by atoms with Gasteiger partial charge in [0.15, 0.2) is 0 Å². The average Bonchev–Trinajstić information content (AvgIpc) is 2.65. The first kappa shape index (κ1) is 7.56. The first-order valence-corrected chi connectivity index (χ1v) is 8.31. The van der Waals surface area contributed by atoms with Crippen molar-refractivity contribution in [1.29, 1.82) is 0 Å². The quantitative estimate of drug-likeness (QED) is 0.592. The van der Waals surface area contributed by atoms with Crippen LogP contribution in [0.5, 0.6) is 0 Å². The van der Waals surface area contributed by atoms with Crippen molar-refractivity contribution in [3.05, 3.63) is 0 Å². The standard InChI is InChI=1S/C17H20/c1-7-2-16-5-11-10(1)15-3-8-9(4-15)14(16)12(8)13(7)17(11,16)6-15/h7-14H,1-6H2. The van der Waals surface area contributed by atoms with E-state index in [1.807, 2.05) is 0 Å². The Labute approximate surface area is 103 Å². The summed E-state index contributed by atoms with van der Waals surface area (Å²) in [5, 5.41) is 0. The van der Waals surface area contributed by atoms with E-state index < -0.39 is 0 Å². The molecule has 5 bridgehead atoms. The largest absolute Gasteiger partial charge is 0.0465 e. The van der Waals surface area contributed by atoms with Crippen molar-refractivity contribution in [1.82, 2.24) is 0 Å². The summed E-state index contributed by atoms with van der Waals surface area (Å²) in [6, 6.07) is 0. The van der Waals surface area contributed by atoms with Gasteiger partial charge in [0.05, 0.1) is 0 Å². The molecule has 2 spiro atoms. The fourth-order valence-corrected chi connectivity index (χ4v) is 11.4. The number of fused-ring (bicyclic) bond motifs is 5. The molecule has 11 atom stereocenters. The smallest absolute Gasteiger partial charge is 0.0167 e. The molecule has 11 unspecified atom stereocenters. The van der Waals surface area contributed by atoms with E-state index >= 15 is 0 Å².